The lowest BCUT2D eigenvalue weighted by atomic mass is 9.93. The van der Waals surface area contributed by atoms with E-state index in [1.165, 1.54) is 5.56 Å². The summed E-state index contributed by atoms with van der Waals surface area (Å²) >= 11 is 0. The molecule has 3 heterocycles. The molecule has 2 aliphatic heterocycles. The predicted octanol–water partition coefficient (Wildman–Crippen LogP) is 4.77. The van der Waals surface area contributed by atoms with Gasteiger partial charge in [0.25, 0.3) is 0 Å². The van der Waals surface area contributed by atoms with Gasteiger partial charge in [0.2, 0.25) is 5.91 Å². The van der Waals surface area contributed by atoms with E-state index in [9.17, 15) is 4.79 Å². The molecule has 0 saturated carbocycles. The van der Waals surface area contributed by atoms with Gasteiger partial charge in [0.05, 0.1) is 30.6 Å². The molecule has 154 valence electrons. The summed E-state index contributed by atoms with van der Waals surface area (Å²) in [5.74, 6) is 0.622. The fraction of sp³-hybridized carbons (Fsp3) is 0.269. The molecule has 1 atom stereocenters. The number of amides is 1. The van der Waals surface area contributed by atoms with Crippen molar-refractivity contribution in [2.75, 3.05) is 24.5 Å². The van der Waals surface area contributed by atoms with E-state index in [2.05, 4.69) is 41.4 Å². The third kappa shape index (κ3) is 3.60. The van der Waals surface area contributed by atoms with Gasteiger partial charge in [0.15, 0.2) is 5.69 Å². The van der Waals surface area contributed by atoms with Crippen LogP contribution in [0.15, 0.2) is 54.7 Å². The Balaban J connectivity index is 1.65. The number of carbonyl (C=O) groups is 1. The number of hydrogen-bond donors (Lipinski definition) is 1. The van der Waals surface area contributed by atoms with Gasteiger partial charge in [-0.2, -0.15) is 0 Å². The Kier molecular flexibility index (Phi) is 5.01. The second kappa shape index (κ2) is 7.98. The minimum Gasteiger partial charge on any atom is -0.316 e. The summed E-state index contributed by atoms with van der Waals surface area (Å²) in [6.45, 7) is 12.0. The molecule has 2 aromatic carbocycles. The first-order chi connectivity index (χ1) is 15.1. The minimum absolute atomic E-state index is 0.142. The number of benzene rings is 2. The van der Waals surface area contributed by atoms with Gasteiger partial charge in [-0.05, 0) is 43.5 Å². The maximum atomic E-state index is 13.0. The SMILES string of the molecule is [C-]#[N+]c1ccc(-c2c(-c3ccc(C)cc3)ncc3c2CC(=O)N3C[C@@H]2CCNC2)cc1. The van der Waals surface area contributed by atoms with E-state index < -0.39 is 0 Å². The highest BCUT2D eigenvalue weighted by molar-refractivity contribution is 6.05. The van der Waals surface area contributed by atoms with Crippen LogP contribution in [0.5, 0.6) is 0 Å². The molecule has 2 aliphatic rings. The van der Waals surface area contributed by atoms with Crippen molar-refractivity contribution in [3.63, 3.8) is 0 Å². The zero-order valence-corrected chi connectivity index (χ0v) is 17.6. The van der Waals surface area contributed by atoms with E-state index in [4.69, 9.17) is 11.6 Å². The van der Waals surface area contributed by atoms with Crippen molar-refractivity contribution >= 4 is 17.3 Å². The van der Waals surface area contributed by atoms with E-state index in [0.29, 0.717) is 18.0 Å². The first kappa shape index (κ1) is 19.5. The smallest absolute Gasteiger partial charge is 0.231 e. The molecule has 5 nitrogen and oxygen atoms in total. The van der Waals surface area contributed by atoms with Crippen molar-refractivity contribution in [2.45, 2.75) is 19.8 Å². The van der Waals surface area contributed by atoms with Gasteiger partial charge in [-0.3, -0.25) is 9.78 Å². The van der Waals surface area contributed by atoms with Crippen LogP contribution in [0, 0.1) is 19.4 Å². The lowest BCUT2D eigenvalue weighted by molar-refractivity contribution is -0.117. The molecule has 1 fully saturated rings. The van der Waals surface area contributed by atoms with Gasteiger partial charge in [0, 0.05) is 17.7 Å². The van der Waals surface area contributed by atoms with Gasteiger partial charge in [-0.15, -0.1) is 0 Å². The molecule has 0 radical (unpaired) electrons. The van der Waals surface area contributed by atoms with Crippen LogP contribution in [0.1, 0.15) is 17.5 Å². The number of anilines is 1. The molecule has 1 aromatic heterocycles. The van der Waals surface area contributed by atoms with Crippen LogP contribution in [-0.2, 0) is 11.2 Å². The van der Waals surface area contributed by atoms with Crippen LogP contribution in [0.4, 0.5) is 11.4 Å². The molecule has 1 saturated heterocycles. The predicted molar refractivity (Wildman–Crippen MR) is 123 cm³/mol. The number of nitrogens with one attached hydrogen (secondary N) is 1. The van der Waals surface area contributed by atoms with Crippen molar-refractivity contribution in [3.05, 3.63) is 77.3 Å². The summed E-state index contributed by atoms with van der Waals surface area (Å²) in [4.78, 5) is 23.3. The number of pyridine rings is 1. The molecular weight excluding hydrogens is 384 g/mol. The molecule has 0 spiro atoms. The van der Waals surface area contributed by atoms with Crippen LogP contribution in [0.25, 0.3) is 27.2 Å². The largest absolute Gasteiger partial charge is 0.316 e. The molecule has 3 aromatic rings. The average molecular weight is 409 g/mol. The number of aryl methyl sites for hydroxylation is 1. The summed E-state index contributed by atoms with van der Waals surface area (Å²) in [5, 5.41) is 3.39. The third-order valence-electron chi connectivity index (χ3n) is 6.30. The Morgan fingerprint density at radius 3 is 2.55 bits per heavy atom. The van der Waals surface area contributed by atoms with Crippen molar-refractivity contribution in [3.8, 4) is 22.4 Å². The zero-order valence-electron chi connectivity index (χ0n) is 17.6. The lowest BCUT2D eigenvalue weighted by Crippen LogP contribution is -2.33. The topological polar surface area (TPSA) is 49.6 Å². The molecule has 1 amide bonds. The zero-order chi connectivity index (χ0) is 21.4. The Morgan fingerprint density at radius 1 is 1.13 bits per heavy atom. The van der Waals surface area contributed by atoms with Gasteiger partial charge in [-0.1, -0.05) is 54.1 Å². The quantitative estimate of drug-likeness (QED) is 0.633. The minimum atomic E-state index is 0.142. The Morgan fingerprint density at radius 2 is 1.87 bits per heavy atom. The second-order valence-corrected chi connectivity index (χ2v) is 8.41. The van der Waals surface area contributed by atoms with E-state index in [1.54, 1.807) is 0 Å². The first-order valence-electron chi connectivity index (χ1n) is 10.7. The third-order valence-corrected chi connectivity index (χ3v) is 6.30. The summed E-state index contributed by atoms with van der Waals surface area (Å²) in [5.41, 5.74) is 7.67. The van der Waals surface area contributed by atoms with Crippen LogP contribution >= 0.6 is 0 Å². The Hall–Kier alpha value is -3.49. The van der Waals surface area contributed by atoms with E-state index >= 15 is 0 Å². The van der Waals surface area contributed by atoms with E-state index in [1.807, 2.05) is 35.4 Å². The molecule has 0 aliphatic carbocycles. The van der Waals surface area contributed by atoms with Gasteiger partial charge < -0.3 is 10.2 Å². The number of fused-ring (bicyclic) bond motifs is 1. The summed E-state index contributed by atoms with van der Waals surface area (Å²) < 4.78 is 0. The molecule has 5 rings (SSSR count). The van der Waals surface area contributed by atoms with Crippen molar-refractivity contribution in [1.82, 2.24) is 10.3 Å². The van der Waals surface area contributed by atoms with Crippen LogP contribution in [0.2, 0.25) is 0 Å². The summed E-state index contributed by atoms with van der Waals surface area (Å²) in [6.07, 6.45) is 3.35. The van der Waals surface area contributed by atoms with E-state index in [-0.39, 0.29) is 5.91 Å². The second-order valence-electron chi connectivity index (χ2n) is 8.41. The number of hydrogen-bond acceptors (Lipinski definition) is 3. The molecule has 5 heteroatoms. The average Bonchev–Trinajstić information content (AvgIpc) is 3.42. The van der Waals surface area contributed by atoms with Gasteiger partial charge in [-0.25, -0.2) is 4.85 Å². The van der Waals surface area contributed by atoms with Crippen LogP contribution < -0.4 is 10.2 Å². The first-order valence-corrected chi connectivity index (χ1v) is 10.7. The van der Waals surface area contributed by atoms with Crippen LogP contribution in [-0.4, -0.2) is 30.5 Å². The molecule has 0 unspecified atom stereocenters. The van der Waals surface area contributed by atoms with E-state index in [0.717, 1.165) is 59.7 Å². The standard InChI is InChI=1S/C26H24N4O/c1-17-3-5-20(6-4-17)26-25(19-7-9-21(27-2)10-8-19)22-13-24(31)30(23(22)15-29-26)16-18-11-12-28-14-18/h3-10,15,18,28H,11-14,16H2,1H3/t18-/m1/s1. The lowest BCUT2D eigenvalue weighted by Gasteiger charge is -2.22. The Bertz CT molecular complexity index is 1170. The molecular formula is C26H24N4O. The Labute approximate surface area is 182 Å². The molecule has 1 N–H and O–H groups in total. The van der Waals surface area contributed by atoms with Gasteiger partial charge >= 0.3 is 0 Å². The normalized spacial score (nSPS) is 17.6. The highest BCUT2D eigenvalue weighted by Gasteiger charge is 2.33. The highest BCUT2D eigenvalue weighted by Crippen LogP contribution is 2.42. The summed E-state index contributed by atoms with van der Waals surface area (Å²) in [7, 11) is 0. The van der Waals surface area contributed by atoms with Crippen LogP contribution in [0.3, 0.4) is 0 Å². The maximum Gasteiger partial charge on any atom is 0.231 e. The number of carbonyl (C=O) groups excluding carboxylic acids is 1. The van der Waals surface area contributed by atoms with Crippen molar-refractivity contribution in [2.24, 2.45) is 5.92 Å². The summed E-state index contributed by atoms with van der Waals surface area (Å²) in [6, 6.07) is 15.9. The highest BCUT2D eigenvalue weighted by atomic mass is 16.2. The molecule has 31 heavy (non-hydrogen) atoms. The maximum absolute atomic E-state index is 13.0. The number of nitrogens with zero attached hydrogens (tertiary/aromatic N) is 3. The molecule has 0 bridgehead atoms. The fourth-order valence-corrected chi connectivity index (χ4v) is 4.60. The number of aromatic nitrogens is 1. The van der Waals surface area contributed by atoms with Crippen molar-refractivity contribution < 1.29 is 4.79 Å². The fourth-order valence-electron chi connectivity index (χ4n) is 4.60. The van der Waals surface area contributed by atoms with Crippen molar-refractivity contribution in [1.29, 1.82) is 0 Å². The number of rotatable bonds is 4. The monoisotopic (exact) mass is 408 g/mol. The van der Waals surface area contributed by atoms with Gasteiger partial charge in [0.1, 0.15) is 0 Å².